The third kappa shape index (κ3) is 5.28. The number of thiophene rings is 1. The molecule has 0 spiro atoms. The predicted molar refractivity (Wildman–Crippen MR) is 126 cm³/mol. The maximum Gasteiger partial charge on any atom is 0.235 e. The minimum Gasteiger partial charge on any atom is -0.497 e. The SMILES string of the molecule is COc1ccc(SCC(=O)Nc2sc3c(c2C#N)CCN(Cc2ccccc2)C3)cc1. The van der Waals surface area contributed by atoms with Crippen LogP contribution in [-0.2, 0) is 24.3 Å². The molecular formula is C24H23N3O2S2. The van der Waals surface area contributed by atoms with Crippen molar-refractivity contribution in [2.75, 3.05) is 24.7 Å². The largest absolute Gasteiger partial charge is 0.497 e. The van der Waals surface area contributed by atoms with Gasteiger partial charge in [-0.3, -0.25) is 9.69 Å². The van der Waals surface area contributed by atoms with E-state index in [0.717, 1.165) is 42.3 Å². The summed E-state index contributed by atoms with van der Waals surface area (Å²) in [6, 6.07) is 20.3. The van der Waals surface area contributed by atoms with Crippen LogP contribution in [0.2, 0.25) is 0 Å². The molecule has 1 amide bonds. The first kappa shape index (κ1) is 21.4. The highest BCUT2D eigenvalue weighted by Crippen LogP contribution is 2.37. The van der Waals surface area contributed by atoms with Crippen LogP contribution in [0.4, 0.5) is 5.00 Å². The summed E-state index contributed by atoms with van der Waals surface area (Å²) in [6.45, 7) is 2.61. The molecule has 31 heavy (non-hydrogen) atoms. The number of methoxy groups -OCH3 is 1. The summed E-state index contributed by atoms with van der Waals surface area (Å²) in [4.78, 5) is 17.1. The second kappa shape index (κ2) is 10.0. The number of hydrogen-bond donors (Lipinski definition) is 1. The van der Waals surface area contributed by atoms with E-state index in [4.69, 9.17) is 4.74 Å². The fourth-order valence-corrected chi connectivity index (χ4v) is 5.58. The minimum atomic E-state index is -0.0999. The Bertz CT molecular complexity index is 1090. The first-order valence-electron chi connectivity index (χ1n) is 10.0. The number of hydrogen-bond acceptors (Lipinski definition) is 6. The highest BCUT2D eigenvalue weighted by molar-refractivity contribution is 8.00. The zero-order chi connectivity index (χ0) is 21.6. The van der Waals surface area contributed by atoms with Crippen molar-refractivity contribution in [1.82, 2.24) is 4.90 Å². The van der Waals surface area contributed by atoms with Crippen molar-refractivity contribution in [2.45, 2.75) is 24.4 Å². The van der Waals surface area contributed by atoms with Crippen LogP contribution in [0, 0.1) is 11.3 Å². The summed E-state index contributed by atoms with van der Waals surface area (Å²) in [5.41, 5.74) is 3.00. The summed E-state index contributed by atoms with van der Waals surface area (Å²) >= 11 is 3.00. The van der Waals surface area contributed by atoms with Crippen molar-refractivity contribution in [3.05, 3.63) is 76.2 Å². The number of nitrogens with zero attached hydrogens (tertiary/aromatic N) is 2. The second-order valence-electron chi connectivity index (χ2n) is 7.28. The molecule has 1 N–H and O–H groups in total. The second-order valence-corrected chi connectivity index (χ2v) is 9.43. The molecule has 7 heteroatoms. The Balaban J connectivity index is 1.39. The Morgan fingerprint density at radius 1 is 1.23 bits per heavy atom. The van der Waals surface area contributed by atoms with Crippen LogP contribution in [0.1, 0.15) is 21.6 Å². The summed E-state index contributed by atoms with van der Waals surface area (Å²) in [7, 11) is 1.63. The summed E-state index contributed by atoms with van der Waals surface area (Å²) < 4.78 is 5.16. The van der Waals surface area contributed by atoms with Gasteiger partial charge >= 0.3 is 0 Å². The van der Waals surface area contributed by atoms with E-state index in [1.165, 1.54) is 33.5 Å². The number of thioether (sulfide) groups is 1. The fourth-order valence-electron chi connectivity index (χ4n) is 3.62. The van der Waals surface area contributed by atoms with Gasteiger partial charge in [-0.05, 0) is 41.8 Å². The zero-order valence-corrected chi connectivity index (χ0v) is 18.9. The highest BCUT2D eigenvalue weighted by atomic mass is 32.2. The van der Waals surface area contributed by atoms with E-state index in [2.05, 4.69) is 40.6 Å². The number of benzene rings is 2. The van der Waals surface area contributed by atoms with E-state index in [1.54, 1.807) is 7.11 Å². The van der Waals surface area contributed by atoms with Crippen molar-refractivity contribution >= 4 is 34.0 Å². The zero-order valence-electron chi connectivity index (χ0n) is 17.3. The molecule has 1 aliphatic heterocycles. The van der Waals surface area contributed by atoms with Crippen molar-refractivity contribution in [3.63, 3.8) is 0 Å². The lowest BCUT2D eigenvalue weighted by atomic mass is 10.0. The number of anilines is 1. The molecule has 0 unspecified atom stereocenters. The summed E-state index contributed by atoms with van der Waals surface area (Å²) in [5.74, 6) is 0.981. The molecule has 5 nitrogen and oxygen atoms in total. The number of amides is 1. The lowest BCUT2D eigenvalue weighted by Gasteiger charge is -2.26. The van der Waals surface area contributed by atoms with E-state index in [1.807, 2.05) is 30.3 Å². The van der Waals surface area contributed by atoms with Crippen molar-refractivity contribution in [3.8, 4) is 11.8 Å². The Morgan fingerprint density at radius 3 is 2.71 bits per heavy atom. The van der Waals surface area contributed by atoms with E-state index >= 15 is 0 Å². The van der Waals surface area contributed by atoms with Crippen LogP contribution in [0.5, 0.6) is 5.75 Å². The smallest absolute Gasteiger partial charge is 0.235 e. The van der Waals surface area contributed by atoms with E-state index in [9.17, 15) is 10.1 Å². The Morgan fingerprint density at radius 2 is 2.00 bits per heavy atom. The lowest BCUT2D eigenvalue weighted by Crippen LogP contribution is -2.29. The molecule has 1 aromatic heterocycles. The molecule has 2 heterocycles. The molecule has 0 saturated carbocycles. The standard InChI is InChI=1S/C24H23N3O2S2/c1-29-18-7-9-19(10-8-18)30-16-23(28)26-24-21(13-25)20-11-12-27(15-22(20)31-24)14-17-5-3-2-4-6-17/h2-10H,11-12,14-16H2,1H3,(H,26,28). The van der Waals surface area contributed by atoms with Gasteiger partial charge in [0.1, 0.15) is 16.8 Å². The molecule has 0 bridgehead atoms. The topological polar surface area (TPSA) is 65.4 Å². The van der Waals surface area contributed by atoms with Crippen LogP contribution in [0.15, 0.2) is 59.5 Å². The van der Waals surface area contributed by atoms with E-state index in [-0.39, 0.29) is 5.91 Å². The summed E-state index contributed by atoms with van der Waals surface area (Å²) in [5, 5.41) is 13.4. The number of nitrogens with one attached hydrogen (secondary N) is 1. The maximum atomic E-state index is 12.5. The average molecular weight is 450 g/mol. The number of fused-ring (bicyclic) bond motifs is 1. The number of rotatable bonds is 7. The van der Waals surface area contributed by atoms with Gasteiger partial charge in [0, 0.05) is 29.4 Å². The molecule has 0 fully saturated rings. The lowest BCUT2D eigenvalue weighted by molar-refractivity contribution is -0.113. The van der Waals surface area contributed by atoms with Gasteiger partial charge in [0.2, 0.25) is 5.91 Å². The fraction of sp³-hybridized carbons (Fsp3) is 0.250. The van der Waals surface area contributed by atoms with Gasteiger partial charge in [0.25, 0.3) is 0 Å². The maximum absolute atomic E-state index is 12.5. The minimum absolute atomic E-state index is 0.0999. The van der Waals surface area contributed by atoms with E-state index < -0.39 is 0 Å². The third-order valence-electron chi connectivity index (χ3n) is 5.18. The number of carbonyl (C=O) groups excluding carboxylic acids is 1. The molecule has 0 radical (unpaired) electrons. The Labute approximate surface area is 190 Å². The van der Waals surface area contributed by atoms with Gasteiger partial charge in [-0.2, -0.15) is 5.26 Å². The first-order valence-corrected chi connectivity index (χ1v) is 11.8. The molecule has 1 aliphatic rings. The van der Waals surface area contributed by atoms with Gasteiger partial charge < -0.3 is 10.1 Å². The normalized spacial score (nSPS) is 13.3. The molecular weight excluding hydrogens is 426 g/mol. The molecule has 158 valence electrons. The number of carbonyl (C=O) groups is 1. The Hall–Kier alpha value is -2.79. The van der Waals surface area contributed by atoms with Crippen molar-refractivity contribution < 1.29 is 9.53 Å². The summed E-state index contributed by atoms with van der Waals surface area (Å²) in [6.07, 6.45) is 0.831. The van der Waals surface area contributed by atoms with Crippen LogP contribution in [-0.4, -0.2) is 30.2 Å². The van der Waals surface area contributed by atoms with Gasteiger partial charge in [-0.15, -0.1) is 23.1 Å². The highest BCUT2D eigenvalue weighted by Gasteiger charge is 2.25. The van der Waals surface area contributed by atoms with Crippen molar-refractivity contribution in [2.24, 2.45) is 0 Å². The third-order valence-corrected chi connectivity index (χ3v) is 7.32. The van der Waals surface area contributed by atoms with Crippen molar-refractivity contribution in [1.29, 1.82) is 5.26 Å². The van der Waals surface area contributed by atoms with Crippen LogP contribution in [0.25, 0.3) is 0 Å². The van der Waals surface area contributed by atoms with Crippen LogP contribution >= 0.6 is 23.1 Å². The Kier molecular flexibility index (Phi) is 6.92. The van der Waals surface area contributed by atoms with Crippen LogP contribution in [0.3, 0.4) is 0 Å². The molecule has 0 saturated heterocycles. The van der Waals surface area contributed by atoms with Crippen LogP contribution < -0.4 is 10.1 Å². The van der Waals surface area contributed by atoms with Gasteiger partial charge in [-0.25, -0.2) is 0 Å². The van der Waals surface area contributed by atoms with Gasteiger partial charge in [-0.1, -0.05) is 30.3 Å². The number of nitriles is 1. The number of ether oxygens (including phenoxy) is 1. The van der Waals surface area contributed by atoms with Gasteiger partial charge in [0.05, 0.1) is 18.4 Å². The monoisotopic (exact) mass is 449 g/mol. The molecule has 2 aromatic carbocycles. The quantitative estimate of drug-likeness (QED) is 0.519. The average Bonchev–Trinajstić information content (AvgIpc) is 3.14. The first-order chi connectivity index (χ1) is 15.2. The molecule has 3 aromatic rings. The predicted octanol–water partition coefficient (Wildman–Crippen LogP) is 4.92. The van der Waals surface area contributed by atoms with Gasteiger partial charge in [0.15, 0.2) is 0 Å². The molecule has 0 atom stereocenters. The molecule has 4 rings (SSSR count). The molecule has 0 aliphatic carbocycles. The van der Waals surface area contributed by atoms with E-state index in [0.29, 0.717) is 16.3 Å².